The zero-order valence-electron chi connectivity index (χ0n) is 7.23. The van der Waals surface area contributed by atoms with Crippen molar-refractivity contribution in [3.8, 4) is 0 Å². The van der Waals surface area contributed by atoms with Crippen molar-refractivity contribution in [1.82, 2.24) is 0 Å². The number of rotatable bonds is 3. The molecular formula is C9H16ClN. The van der Waals surface area contributed by atoms with E-state index in [0.29, 0.717) is 0 Å². The highest BCUT2D eigenvalue weighted by Crippen LogP contribution is 2.07. The molecule has 2 heteroatoms. The summed E-state index contributed by atoms with van der Waals surface area (Å²) in [6.45, 7) is 2.23. The van der Waals surface area contributed by atoms with Crippen LogP contribution in [0.4, 0.5) is 0 Å². The average molecular weight is 174 g/mol. The van der Waals surface area contributed by atoms with Gasteiger partial charge in [0.1, 0.15) is 6.20 Å². The van der Waals surface area contributed by atoms with Crippen LogP contribution in [-0.4, -0.2) is 7.05 Å². The first kappa shape index (κ1) is 10.7. The summed E-state index contributed by atoms with van der Waals surface area (Å²) >= 11 is 0. The normalized spacial score (nSPS) is 21.3. The molecule has 0 saturated carbocycles. The zero-order valence-corrected chi connectivity index (χ0v) is 7.99. The number of halogens is 1. The lowest BCUT2D eigenvalue weighted by Gasteiger charge is -1.94. The second-order valence-electron chi connectivity index (χ2n) is 2.90. The molecule has 0 aromatic carbocycles. The van der Waals surface area contributed by atoms with Crippen molar-refractivity contribution in [3.05, 3.63) is 24.0 Å². The Morgan fingerprint density at radius 1 is 1.45 bits per heavy atom. The molecule has 0 aromatic rings. The van der Waals surface area contributed by atoms with Crippen LogP contribution in [0.2, 0.25) is 0 Å². The van der Waals surface area contributed by atoms with Crippen LogP contribution < -0.4 is 17.3 Å². The number of hydrogen-bond acceptors (Lipinski definition) is 0. The van der Waals surface area contributed by atoms with Gasteiger partial charge in [-0.2, -0.15) is 0 Å². The van der Waals surface area contributed by atoms with Crippen molar-refractivity contribution >= 4 is 0 Å². The average Bonchev–Trinajstić information content (AvgIpc) is 2.31. The van der Waals surface area contributed by atoms with Gasteiger partial charge < -0.3 is 12.4 Å². The molecule has 11 heavy (non-hydrogen) atoms. The molecule has 1 unspecified atom stereocenters. The van der Waals surface area contributed by atoms with Gasteiger partial charge in [0.2, 0.25) is 0 Å². The monoisotopic (exact) mass is 173 g/mol. The molecule has 0 spiro atoms. The Kier molecular flexibility index (Phi) is 5.26. The Balaban J connectivity index is 0.000001000. The summed E-state index contributed by atoms with van der Waals surface area (Å²) in [5, 5.41) is 0. The van der Waals surface area contributed by atoms with Gasteiger partial charge >= 0.3 is 0 Å². The van der Waals surface area contributed by atoms with Crippen molar-refractivity contribution in [2.45, 2.75) is 26.2 Å². The van der Waals surface area contributed by atoms with Gasteiger partial charge in [-0.3, -0.25) is 4.90 Å². The van der Waals surface area contributed by atoms with Gasteiger partial charge in [-0.15, -0.1) is 0 Å². The summed E-state index contributed by atoms with van der Waals surface area (Å²) in [6, 6.07) is 0. The van der Waals surface area contributed by atoms with E-state index in [1.165, 1.54) is 29.7 Å². The molecule has 1 aliphatic rings. The second-order valence-corrected chi connectivity index (χ2v) is 2.90. The number of nitrogens with one attached hydrogen (secondary N) is 1. The molecule has 1 heterocycles. The Morgan fingerprint density at radius 3 is 2.64 bits per heavy atom. The summed E-state index contributed by atoms with van der Waals surface area (Å²) in [4.78, 5) is 1.39. The predicted octanol–water partition coefficient (Wildman–Crippen LogP) is -1.89. The van der Waals surface area contributed by atoms with E-state index in [1.54, 1.807) is 0 Å². The van der Waals surface area contributed by atoms with Gasteiger partial charge in [0.15, 0.2) is 0 Å². The van der Waals surface area contributed by atoms with Gasteiger partial charge in [0.05, 0.1) is 13.2 Å². The third-order valence-corrected chi connectivity index (χ3v) is 1.79. The van der Waals surface area contributed by atoms with Crippen molar-refractivity contribution < 1.29 is 17.3 Å². The van der Waals surface area contributed by atoms with Gasteiger partial charge in [-0.1, -0.05) is 13.3 Å². The summed E-state index contributed by atoms with van der Waals surface area (Å²) in [5.41, 5.74) is 1.50. The van der Waals surface area contributed by atoms with Crippen LogP contribution in [0.5, 0.6) is 0 Å². The zero-order chi connectivity index (χ0) is 7.40. The van der Waals surface area contributed by atoms with E-state index in [9.17, 15) is 0 Å². The molecule has 0 amide bonds. The fourth-order valence-corrected chi connectivity index (χ4v) is 1.16. The van der Waals surface area contributed by atoms with Crippen molar-refractivity contribution in [2.75, 3.05) is 7.05 Å². The van der Waals surface area contributed by atoms with Crippen LogP contribution in [0, 0.1) is 0 Å². The molecule has 1 atom stereocenters. The lowest BCUT2D eigenvalue weighted by molar-refractivity contribution is -0.763. The number of hydrogen-bond donors (Lipinski definition) is 1. The maximum absolute atomic E-state index is 2.27. The molecular weight excluding hydrogens is 158 g/mol. The van der Waals surface area contributed by atoms with Crippen LogP contribution in [0.3, 0.4) is 0 Å². The Labute approximate surface area is 75.2 Å². The third kappa shape index (κ3) is 3.59. The third-order valence-electron chi connectivity index (χ3n) is 1.79. The molecule has 0 saturated heterocycles. The lowest BCUT2D eigenvalue weighted by Crippen LogP contribution is -3.00. The summed E-state index contributed by atoms with van der Waals surface area (Å²) < 4.78 is 0. The summed E-state index contributed by atoms with van der Waals surface area (Å²) in [6.07, 6.45) is 10.6. The van der Waals surface area contributed by atoms with E-state index < -0.39 is 0 Å². The maximum atomic E-state index is 2.27. The molecule has 0 aromatic heterocycles. The Bertz CT molecular complexity index is 161. The largest absolute Gasteiger partial charge is 1.00 e. The molecule has 1 rings (SSSR count). The van der Waals surface area contributed by atoms with E-state index in [-0.39, 0.29) is 12.4 Å². The van der Waals surface area contributed by atoms with E-state index in [1.807, 2.05) is 0 Å². The Morgan fingerprint density at radius 2 is 2.18 bits per heavy atom. The molecule has 0 bridgehead atoms. The first-order valence-electron chi connectivity index (χ1n) is 4.05. The van der Waals surface area contributed by atoms with Crippen LogP contribution in [0.25, 0.3) is 0 Å². The van der Waals surface area contributed by atoms with Gasteiger partial charge in [0.25, 0.3) is 0 Å². The highest BCUT2D eigenvalue weighted by molar-refractivity contribution is 5.17. The van der Waals surface area contributed by atoms with Crippen LogP contribution >= 0.6 is 0 Å². The second kappa shape index (κ2) is 5.39. The minimum Gasteiger partial charge on any atom is -1.00 e. The van der Waals surface area contributed by atoms with Crippen LogP contribution in [-0.2, 0) is 0 Å². The van der Waals surface area contributed by atoms with Crippen LogP contribution in [0.15, 0.2) is 24.0 Å². The van der Waals surface area contributed by atoms with E-state index in [2.05, 4.69) is 32.4 Å². The van der Waals surface area contributed by atoms with E-state index in [0.717, 1.165) is 0 Å². The predicted molar refractivity (Wildman–Crippen MR) is 43.6 cm³/mol. The van der Waals surface area contributed by atoms with Gasteiger partial charge in [0, 0.05) is 11.6 Å². The molecule has 0 fully saturated rings. The lowest BCUT2D eigenvalue weighted by atomic mass is 10.1. The van der Waals surface area contributed by atoms with Gasteiger partial charge in [-0.05, 0) is 12.8 Å². The Hall–Kier alpha value is -0.270. The first-order chi connectivity index (χ1) is 4.83. The maximum Gasteiger partial charge on any atom is 0.102 e. The van der Waals surface area contributed by atoms with E-state index in [4.69, 9.17) is 0 Å². The first-order valence-corrected chi connectivity index (χ1v) is 4.05. The summed E-state index contributed by atoms with van der Waals surface area (Å²) in [7, 11) is 2.15. The molecule has 1 N–H and O–H groups in total. The van der Waals surface area contributed by atoms with Crippen LogP contribution in [0.1, 0.15) is 26.2 Å². The molecule has 0 radical (unpaired) electrons. The molecule has 1 aliphatic heterocycles. The van der Waals surface area contributed by atoms with E-state index >= 15 is 0 Å². The van der Waals surface area contributed by atoms with Gasteiger partial charge in [-0.25, -0.2) is 0 Å². The molecule has 64 valence electrons. The number of quaternary nitrogens is 1. The topological polar surface area (TPSA) is 4.44 Å². The quantitative estimate of drug-likeness (QED) is 0.509. The SMILES string of the molecule is CCCCC1=C[NH+](C)C=C1.[Cl-]. The van der Waals surface area contributed by atoms with Crippen molar-refractivity contribution in [2.24, 2.45) is 0 Å². The highest BCUT2D eigenvalue weighted by Gasteiger charge is 2.04. The minimum absolute atomic E-state index is 0. The fourth-order valence-electron chi connectivity index (χ4n) is 1.16. The molecule has 1 nitrogen and oxygen atoms in total. The smallest absolute Gasteiger partial charge is 0.102 e. The molecule has 0 aliphatic carbocycles. The number of allylic oxidation sites excluding steroid dienone is 2. The highest BCUT2D eigenvalue weighted by atomic mass is 35.5. The van der Waals surface area contributed by atoms with Crippen molar-refractivity contribution in [3.63, 3.8) is 0 Å². The fraction of sp³-hybridized carbons (Fsp3) is 0.556. The van der Waals surface area contributed by atoms with Crippen molar-refractivity contribution in [1.29, 1.82) is 0 Å². The number of unbranched alkanes of at least 4 members (excludes halogenated alkanes) is 1. The summed E-state index contributed by atoms with van der Waals surface area (Å²) in [5.74, 6) is 0. The minimum atomic E-state index is 0. The standard InChI is InChI=1S/C9H15N.ClH/c1-3-4-5-9-6-7-10(2)8-9;/h6-8H,3-5H2,1-2H3;1H.